The summed E-state index contributed by atoms with van der Waals surface area (Å²) in [6.45, 7) is 1.83. The Kier molecular flexibility index (Phi) is 3.29. The van der Waals surface area contributed by atoms with Crippen LogP contribution in [-0.4, -0.2) is 10.9 Å². The van der Waals surface area contributed by atoms with E-state index in [4.69, 9.17) is 5.73 Å². The second-order valence-electron chi connectivity index (χ2n) is 4.91. The van der Waals surface area contributed by atoms with Crippen LogP contribution in [0.15, 0.2) is 41.0 Å². The van der Waals surface area contributed by atoms with Gasteiger partial charge in [-0.25, -0.2) is 4.39 Å². The Bertz CT molecular complexity index is 870. The fourth-order valence-electron chi connectivity index (χ4n) is 2.50. The molecule has 3 nitrogen and oxygen atoms in total. The van der Waals surface area contributed by atoms with Crippen molar-refractivity contribution in [1.82, 2.24) is 4.98 Å². The number of aromatic nitrogens is 1. The number of aryl methyl sites for hydroxylation is 1. The van der Waals surface area contributed by atoms with Crippen LogP contribution in [0, 0.1) is 12.7 Å². The summed E-state index contributed by atoms with van der Waals surface area (Å²) in [6, 6.07) is 8.26. The van der Waals surface area contributed by atoms with Gasteiger partial charge < -0.3 is 10.7 Å². The first-order chi connectivity index (χ1) is 9.97. The number of hydrogen-bond donors (Lipinski definition) is 2. The van der Waals surface area contributed by atoms with Crippen LogP contribution in [-0.2, 0) is 0 Å². The van der Waals surface area contributed by atoms with E-state index in [9.17, 15) is 9.18 Å². The Balaban J connectivity index is 2.32. The van der Waals surface area contributed by atoms with Crippen molar-refractivity contribution in [3.8, 4) is 11.1 Å². The molecule has 0 saturated carbocycles. The molecule has 0 spiro atoms. The Morgan fingerprint density at radius 2 is 2.05 bits per heavy atom. The predicted molar refractivity (Wildman–Crippen MR) is 84.6 cm³/mol. The lowest BCUT2D eigenvalue weighted by atomic mass is 9.97. The number of rotatable bonds is 2. The largest absolute Gasteiger partial charge is 0.366 e. The highest BCUT2D eigenvalue weighted by molar-refractivity contribution is 9.10. The zero-order valence-electron chi connectivity index (χ0n) is 11.2. The quantitative estimate of drug-likeness (QED) is 0.719. The molecule has 0 aliphatic carbocycles. The van der Waals surface area contributed by atoms with Crippen molar-refractivity contribution in [2.24, 2.45) is 5.73 Å². The topological polar surface area (TPSA) is 58.9 Å². The minimum atomic E-state index is -0.504. The molecule has 3 aromatic rings. The molecule has 5 heteroatoms. The van der Waals surface area contributed by atoms with Crippen LogP contribution in [0.1, 0.15) is 15.9 Å². The fourth-order valence-corrected chi connectivity index (χ4v) is 2.93. The standard InChI is InChI=1S/C16H12BrFN2O/c1-8-4-10(18)2-3-11(8)9-5-12-14(17)7-20-15(12)13(6-9)16(19)21/h2-7,20H,1H3,(H2,19,21). The highest BCUT2D eigenvalue weighted by Crippen LogP contribution is 2.33. The van der Waals surface area contributed by atoms with Crippen molar-refractivity contribution in [3.63, 3.8) is 0 Å². The summed E-state index contributed by atoms with van der Waals surface area (Å²) in [5.41, 5.74) is 9.07. The zero-order chi connectivity index (χ0) is 15.1. The molecule has 0 aliphatic rings. The number of nitrogens with two attached hydrogens (primary N) is 1. The van der Waals surface area contributed by atoms with E-state index in [2.05, 4.69) is 20.9 Å². The number of carbonyl (C=O) groups excluding carboxylic acids is 1. The van der Waals surface area contributed by atoms with Crippen molar-refractivity contribution >= 4 is 32.7 Å². The van der Waals surface area contributed by atoms with Crippen molar-refractivity contribution in [3.05, 3.63) is 57.9 Å². The molecule has 0 bridgehead atoms. The third kappa shape index (κ3) is 2.34. The monoisotopic (exact) mass is 346 g/mol. The lowest BCUT2D eigenvalue weighted by Crippen LogP contribution is -2.11. The molecule has 3 N–H and O–H groups in total. The number of halogens is 2. The van der Waals surface area contributed by atoms with Crippen LogP contribution in [0.5, 0.6) is 0 Å². The molecular weight excluding hydrogens is 335 g/mol. The van der Waals surface area contributed by atoms with Gasteiger partial charge in [0.05, 0.1) is 11.1 Å². The van der Waals surface area contributed by atoms with Crippen molar-refractivity contribution in [2.45, 2.75) is 6.92 Å². The molecule has 0 aliphatic heterocycles. The van der Waals surface area contributed by atoms with E-state index in [1.165, 1.54) is 12.1 Å². The molecule has 0 saturated heterocycles. The Labute approximate surface area is 129 Å². The van der Waals surface area contributed by atoms with Crippen LogP contribution in [0.4, 0.5) is 4.39 Å². The van der Waals surface area contributed by atoms with Gasteiger partial charge >= 0.3 is 0 Å². The van der Waals surface area contributed by atoms with E-state index in [0.29, 0.717) is 11.1 Å². The minimum Gasteiger partial charge on any atom is -0.366 e. The van der Waals surface area contributed by atoms with Gasteiger partial charge in [-0.3, -0.25) is 4.79 Å². The SMILES string of the molecule is Cc1cc(F)ccc1-c1cc(C(N)=O)c2[nH]cc(Br)c2c1. The van der Waals surface area contributed by atoms with Crippen molar-refractivity contribution in [2.75, 3.05) is 0 Å². The molecule has 0 unspecified atom stereocenters. The first kappa shape index (κ1) is 13.8. The molecule has 1 heterocycles. The number of hydrogen-bond acceptors (Lipinski definition) is 1. The second kappa shape index (κ2) is 5.00. The van der Waals surface area contributed by atoms with Gasteiger partial charge in [0, 0.05) is 16.1 Å². The highest BCUT2D eigenvalue weighted by Gasteiger charge is 2.14. The Morgan fingerprint density at radius 1 is 1.29 bits per heavy atom. The summed E-state index contributed by atoms with van der Waals surface area (Å²) < 4.78 is 14.1. The first-order valence-electron chi connectivity index (χ1n) is 6.34. The van der Waals surface area contributed by atoms with Gasteiger partial charge in [-0.2, -0.15) is 0 Å². The van der Waals surface area contributed by atoms with Gasteiger partial charge in [0.25, 0.3) is 5.91 Å². The fraction of sp³-hybridized carbons (Fsp3) is 0.0625. The Hall–Kier alpha value is -2.14. The molecule has 21 heavy (non-hydrogen) atoms. The third-order valence-corrected chi connectivity index (χ3v) is 4.16. The van der Waals surface area contributed by atoms with E-state index in [0.717, 1.165) is 26.5 Å². The maximum atomic E-state index is 13.3. The lowest BCUT2D eigenvalue weighted by molar-refractivity contribution is 0.100. The first-order valence-corrected chi connectivity index (χ1v) is 7.13. The predicted octanol–water partition coefficient (Wildman–Crippen LogP) is 4.14. The molecule has 0 atom stereocenters. The number of H-pyrrole nitrogens is 1. The van der Waals surface area contributed by atoms with Gasteiger partial charge in [0.1, 0.15) is 5.82 Å². The average molecular weight is 347 g/mol. The van der Waals surface area contributed by atoms with Gasteiger partial charge in [0.2, 0.25) is 0 Å². The highest BCUT2D eigenvalue weighted by atomic mass is 79.9. The van der Waals surface area contributed by atoms with Gasteiger partial charge in [-0.05, 0) is 63.8 Å². The van der Waals surface area contributed by atoms with Crippen LogP contribution in [0.25, 0.3) is 22.0 Å². The number of amides is 1. The molecule has 0 fully saturated rings. The molecule has 0 radical (unpaired) electrons. The van der Waals surface area contributed by atoms with E-state index < -0.39 is 5.91 Å². The van der Waals surface area contributed by atoms with Gasteiger partial charge in [-0.15, -0.1) is 0 Å². The van der Waals surface area contributed by atoms with E-state index in [-0.39, 0.29) is 5.82 Å². The van der Waals surface area contributed by atoms with E-state index in [1.807, 2.05) is 13.0 Å². The third-order valence-electron chi connectivity index (χ3n) is 3.50. The Morgan fingerprint density at radius 3 is 2.71 bits per heavy atom. The van der Waals surface area contributed by atoms with Crippen LogP contribution < -0.4 is 5.73 Å². The minimum absolute atomic E-state index is 0.282. The smallest absolute Gasteiger partial charge is 0.250 e. The molecule has 1 amide bonds. The van der Waals surface area contributed by atoms with Gasteiger partial charge in [0.15, 0.2) is 0 Å². The molecule has 106 valence electrons. The van der Waals surface area contributed by atoms with Gasteiger partial charge in [-0.1, -0.05) is 6.07 Å². The normalized spacial score (nSPS) is 11.0. The molecular formula is C16H12BrFN2O. The number of primary amides is 1. The summed E-state index contributed by atoms with van der Waals surface area (Å²) in [7, 11) is 0. The molecule has 1 aromatic heterocycles. The second-order valence-corrected chi connectivity index (χ2v) is 5.76. The lowest BCUT2D eigenvalue weighted by Gasteiger charge is -2.09. The molecule has 3 rings (SSSR count). The summed E-state index contributed by atoms with van der Waals surface area (Å²) in [5.74, 6) is -0.786. The maximum Gasteiger partial charge on any atom is 0.250 e. The van der Waals surface area contributed by atoms with Crippen LogP contribution >= 0.6 is 15.9 Å². The van der Waals surface area contributed by atoms with Crippen LogP contribution in [0.3, 0.4) is 0 Å². The number of carbonyl (C=O) groups is 1. The summed E-state index contributed by atoms with van der Waals surface area (Å²) in [5, 5.41) is 0.866. The van der Waals surface area contributed by atoms with Crippen molar-refractivity contribution < 1.29 is 9.18 Å². The van der Waals surface area contributed by atoms with E-state index in [1.54, 1.807) is 18.3 Å². The summed E-state index contributed by atoms with van der Waals surface area (Å²) in [4.78, 5) is 14.7. The summed E-state index contributed by atoms with van der Waals surface area (Å²) >= 11 is 3.44. The number of nitrogens with one attached hydrogen (secondary N) is 1. The summed E-state index contributed by atoms with van der Waals surface area (Å²) in [6.07, 6.45) is 1.76. The number of benzene rings is 2. The maximum absolute atomic E-state index is 13.3. The molecule has 2 aromatic carbocycles. The van der Waals surface area contributed by atoms with Crippen LogP contribution in [0.2, 0.25) is 0 Å². The van der Waals surface area contributed by atoms with Crippen molar-refractivity contribution in [1.29, 1.82) is 0 Å². The average Bonchev–Trinajstić information content (AvgIpc) is 2.79. The number of fused-ring (bicyclic) bond motifs is 1. The zero-order valence-corrected chi connectivity index (χ0v) is 12.8. The van der Waals surface area contributed by atoms with E-state index >= 15 is 0 Å². The number of aromatic amines is 1.